The average molecular weight is 275 g/mol. The van der Waals surface area contributed by atoms with E-state index in [2.05, 4.69) is 0 Å². The minimum absolute atomic E-state index is 0.0365. The van der Waals surface area contributed by atoms with E-state index < -0.39 is 5.97 Å². The summed E-state index contributed by atoms with van der Waals surface area (Å²) in [4.78, 5) is 24.5. The Hall–Kier alpha value is -2.10. The Labute approximate surface area is 119 Å². The lowest BCUT2D eigenvalue weighted by Gasteiger charge is -2.35. The number of carboxylic acid groups (broad SMARTS) is 1. The van der Waals surface area contributed by atoms with Crippen molar-refractivity contribution < 1.29 is 14.7 Å². The molecule has 0 aromatic heterocycles. The summed E-state index contributed by atoms with van der Waals surface area (Å²) in [5, 5.41) is 8.56. The molecule has 0 saturated heterocycles. The Kier molecular flexibility index (Phi) is 5.08. The van der Waals surface area contributed by atoms with Crippen LogP contribution in [-0.2, 0) is 4.79 Å². The molecule has 1 amide bonds. The maximum Gasteiger partial charge on any atom is 0.328 e. The third-order valence-corrected chi connectivity index (χ3v) is 3.65. The highest BCUT2D eigenvalue weighted by Crippen LogP contribution is 2.19. The largest absolute Gasteiger partial charge is 0.478 e. The lowest BCUT2D eigenvalue weighted by Crippen LogP contribution is -2.44. The van der Waals surface area contributed by atoms with Crippen molar-refractivity contribution >= 4 is 18.0 Å². The second-order valence-electron chi connectivity index (χ2n) is 5.32. The highest BCUT2D eigenvalue weighted by Gasteiger charge is 2.26. The van der Waals surface area contributed by atoms with E-state index in [1.54, 1.807) is 36.2 Å². The minimum Gasteiger partial charge on any atom is -0.478 e. The summed E-state index contributed by atoms with van der Waals surface area (Å²) < 4.78 is 0. The van der Waals surface area contributed by atoms with Crippen molar-refractivity contribution in [1.82, 2.24) is 4.90 Å². The number of carboxylic acids is 1. The molecule has 108 valence electrons. The first-order chi connectivity index (χ1) is 9.27. The highest BCUT2D eigenvalue weighted by molar-refractivity contribution is 5.95. The van der Waals surface area contributed by atoms with E-state index in [1.807, 2.05) is 20.8 Å². The molecule has 0 fully saturated rings. The van der Waals surface area contributed by atoms with Gasteiger partial charge in [0.1, 0.15) is 0 Å². The molecule has 1 rings (SSSR count). The van der Waals surface area contributed by atoms with Crippen molar-refractivity contribution in [2.75, 3.05) is 7.05 Å². The molecule has 0 aliphatic rings. The molecular formula is C16H21NO3. The Morgan fingerprint density at radius 2 is 1.80 bits per heavy atom. The number of nitrogens with zero attached hydrogens (tertiary/aromatic N) is 1. The summed E-state index contributed by atoms with van der Waals surface area (Å²) in [6.07, 6.45) is 3.44. The molecule has 1 aromatic rings. The molecule has 0 radical (unpaired) electrons. The number of hydrogen-bond donors (Lipinski definition) is 1. The van der Waals surface area contributed by atoms with Crippen molar-refractivity contribution in [3.63, 3.8) is 0 Å². The quantitative estimate of drug-likeness (QED) is 0.840. The van der Waals surface area contributed by atoms with Crippen LogP contribution in [0.1, 0.15) is 43.1 Å². The summed E-state index contributed by atoms with van der Waals surface area (Å²) in [7, 11) is 1.80. The zero-order chi connectivity index (χ0) is 15.3. The van der Waals surface area contributed by atoms with Gasteiger partial charge in [-0.05, 0) is 44.0 Å². The van der Waals surface area contributed by atoms with Gasteiger partial charge in [0.15, 0.2) is 0 Å². The van der Waals surface area contributed by atoms with Gasteiger partial charge in [0.25, 0.3) is 5.91 Å². The van der Waals surface area contributed by atoms with Gasteiger partial charge in [0.2, 0.25) is 0 Å². The molecule has 0 bridgehead atoms. The van der Waals surface area contributed by atoms with Crippen LogP contribution in [0, 0.1) is 0 Å². The van der Waals surface area contributed by atoms with Gasteiger partial charge in [-0.3, -0.25) is 4.79 Å². The van der Waals surface area contributed by atoms with E-state index in [1.165, 1.54) is 6.08 Å². The molecule has 0 unspecified atom stereocenters. The van der Waals surface area contributed by atoms with Gasteiger partial charge in [0, 0.05) is 24.2 Å². The Bertz CT molecular complexity index is 515. The summed E-state index contributed by atoms with van der Waals surface area (Å²) >= 11 is 0. The maximum atomic E-state index is 12.3. The van der Waals surface area contributed by atoms with Gasteiger partial charge in [-0.1, -0.05) is 19.1 Å². The van der Waals surface area contributed by atoms with Crippen LogP contribution >= 0.6 is 0 Å². The van der Waals surface area contributed by atoms with Gasteiger partial charge in [-0.2, -0.15) is 0 Å². The molecule has 20 heavy (non-hydrogen) atoms. The van der Waals surface area contributed by atoms with Crippen molar-refractivity contribution in [3.05, 3.63) is 41.5 Å². The van der Waals surface area contributed by atoms with Crippen LogP contribution < -0.4 is 0 Å². The van der Waals surface area contributed by atoms with Crippen molar-refractivity contribution in [1.29, 1.82) is 0 Å². The van der Waals surface area contributed by atoms with Crippen molar-refractivity contribution in [3.8, 4) is 0 Å². The summed E-state index contributed by atoms with van der Waals surface area (Å²) in [6.45, 7) is 6.09. The van der Waals surface area contributed by atoms with Crippen molar-refractivity contribution in [2.45, 2.75) is 32.7 Å². The van der Waals surface area contributed by atoms with Gasteiger partial charge in [0.05, 0.1) is 0 Å². The maximum absolute atomic E-state index is 12.3. The number of amides is 1. The Balaban J connectivity index is 2.88. The monoisotopic (exact) mass is 275 g/mol. The molecule has 1 N–H and O–H groups in total. The van der Waals surface area contributed by atoms with E-state index in [0.717, 1.165) is 18.1 Å². The van der Waals surface area contributed by atoms with Crippen LogP contribution in [0.5, 0.6) is 0 Å². The third kappa shape index (κ3) is 3.95. The molecule has 0 atom stereocenters. The predicted octanol–water partition coefficient (Wildman–Crippen LogP) is 3.05. The van der Waals surface area contributed by atoms with Crippen LogP contribution in [0.15, 0.2) is 30.3 Å². The topological polar surface area (TPSA) is 57.6 Å². The molecule has 0 heterocycles. The Morgan fingerprint density at radius 3 is 2.25 bits per heavy atom. The van der Waals surface area contributed by atoms with Gasteiger partial charge < -0.3 is 10.0 Å². The molecule has 4 heteroatoms. The minimum atomic E-state index is -0.991. The fraction of sp³-hybridized carbons (Fsp3) is 0.375. The lowest BCUT2D eigenvalue weighted by atomic mass is 9.98. The van der Waals surface area contributed by atoms with E-state index in [0.29, 0.717) is 5.56 Å². The smallest absolute Gasteiger partial charge is 0.328 e. The Morgan fingerprint density at radius 1 is 1.25 bits per heavy atom. The van der Waals surface area contributed by atoms with Gasteiger partial charge >= 0.3 is 5.97 Å². The molecule has 0 aliphatic heterocycles. The zero-order valence-electron chi connectivity index (χ0n) is 12.4. The fourth-order valence-corrected chi connectivity index (χ4v) is 1.61. The van der Waals surface area contributed by atoms with E-state index in [9.17, 15) is 9.59 Å². The molecular weight excluding hydrogens is 254 g/mol. The first-order valence-electron chi connectivity index (χ1n) is 6.57. The number of benzene rings is 1. The lowest BCUT2D eigenvalue weighted by molar-refractivity contribution is -0.131. The zero-order valence-corrected chi connectivity index (χ0v) is 12.4. The van der Waals surface area contributed by atoms with E-state index in [4.69, 9.17) is 5.11 Å². The SMILES string of the molecule is CCC(C)(C)N(C)C(=O)c1ccc(C=CC(=O)O)cc1. The number of carbonyl (C=O) groups is 2. The molecule has 1 aromatic carbocycles. The second-order valence-corrected chi connectivity index (χ2v) is 5.32. The van der Waals surface area contributed by atoms with Crippen LogP contribution in [0.2, 0.25) is 0 Å². The first-order valence-corrected chi connectivity index (χ1v) is 6.57. The molecule has 0 saturated carbocycles. The molecule has 0 spiro atoms. The first kappa shape index (κ1) is 16.0. The number of rotatable bonds is 5. The molecule has 0 aliphatic carbocycles. The summed E-state index contributed by atoms with van der Waals surface area (Å²) in [5.74, 6) is -1.03. The standard InChI is InChI=1S/C16H21NO3/c1-5-16(2,3)17(4)15(20)13-9-6-12(7-10-13)8-11-14(18)19/h6-11H,5H2,1-4H3,(H,18,19). The number of carbonyl (C=O) groups excluding carboxylic acids is 1. The second kappa shape index (κ2) is 6.37. The summed E-state index contributed by atoms with van der Waals surface area (Å²) in [6, 6.07) is 6.90. The average Bonchev–Trinajstić information content (AvgIpc) is 2.44. The van der Waals surface area contributed by atoms with Gasteiger partial charge in [-0.25, -0.2) is 4.79 Å². The molecule has 4 nitrogen and oxygen atoms in total. The van der Waals surface area contributed by atoms with Crippen LogP contribution in [0.3, 0.4) is 0 Å². The van der Waals surface area contributed by atoms with Gasteiger partial charge in [-0.15, -0.1) is 0 Å². The van der Waals surface area contributed by atoms with Crippen LogP contribution in [-0.4, -0.2) is 34.5 Å². The van der Waals surface area contributed by atoms with Crippen molar-refractivity contribution in [2.24, 2.45) is 0 Å². The van der Waals surface area contributed by atoms with Crippen LogP contribution in [0.25, 0.3) is 6.08 Å². The summed E-state index contributed by atoms with van der Waals surface area (Å²) in [5.41, 5.74) is 1.15. The fourth-order valence-electron chi connectivity index (χ4n) is 1.61. The number of aliphatic carboxylic acids is 1. The predicted molar refractivity (Wildman–Crippen MR) is 79.6 cm³/mol. The van der Waals surface area contributed by atoms with E-state index >= 15 is 0 Å². The third-order valence-electron chi connectivity index (χ3n) is 3.65. The highest BCUT2D eigenvalue weighted by atomic mass is 16.4. The van der Waals surface area contributed by atoms with Crippen LogP contribution in [0.4, 0.5) is 0 Å². The normalized spacial score (nSPS) is 11.6. The number of hydrogen-bond acceptors (Lipinski definition) is 2. The van der Waals surface area contributed by atoms with E-state index in [-0.39, 0.29) is 11.4 Å².